The van der Waals surface area contributed by atoms with Crippen molar-refractivity contribution in [3.8, 4) is 0 Å². The zero-order chi connectivity index (χ0) is 20.3. The normalized spacial score (nSPS) is 16.0. The van der Waals surface area contributed by atoms with Gasteiger partial charge in [0.2, 0.25) is 0 Å². The number of fused-ring (bicyclic) bond motifs is 3. The summed E-state index contributed by atoms with van der Waals surface area (Å²) in [4.78, 5) is 29.3. The van der Waals surface area contributed by atoms with E-state index in [2.05, 4.69) is 40.3 Å². The quantitative estimate of drug-likeness (QED) is 0.629. The van der Waals surface area contributed by atoms with Gasteiger partial charge in [0.15, 0.2) is 0 Å². The second-order valence-corrected chi connectivity index (χ2v) is 8.17. The number of thioether (sulfide) groups is 1. The van der Waals surface area contributed by atoms with E-state index in [1.54, 1.807) is 29.0 Å². The molecule has 1 unspecified atom stereocenters. The molecule has 0 aliphatic heterocycles. The Kier molecular flexibility index (Phi) is 6.51. The maximum absolute atomic E-state index is 13.1. The van der Waals surface area contributed by atoms with E-state index < -0.39 is 0 Å². The van der Waals surface area contributed by atoms with Gasteiger partial charge in [-0.1, -0.05) is 26.0 Å². The smallest absolute Gasteiger partial charge is 0.275 e. The summed E-state index contributed by atoms with van der Waals surface area (Å²) in [7, 11) is 1.98. The van der Waals surface area contributed by atoms with Crippen LogP contribution in [-0.2, 0) is 0 Å². The molecule has 3 aromatic heterocycles. The molecule has 0 amide bonds. The lowest BCUT2D eigenvalue weighted by Gasteiger charge is -2.16. The van der Waals surface area contributed by atoms with Crippen molar-refractivity contribution >= 4 is 55.0 Å². The molecule has 0 saturated carbocycles. The Labute approximate surface area is 173 Å². The summed E-state index contributed by atoms with van der Waals surface area (Å²) in [6.07, 6.45) is 12.4. The van der Waals surface area contributed by atoms with Crippen molar-refractivity contribution < 1.29 is 0 Å². The van der Waals surface area contributed by atoms with E-state index in [1.807, 2.05) is 31.9 Å². The van der Waals surface area contributed by atoms with Crippen LogP contribution in [0.15, 0.2) is 35.7 Å². The Morgan fingerprint density at radius 3 is 2.75 bits per heavy atom. The molecule has 0 N–H and O–H groups in total. The average Bonchev–Trinajstić information content (AvgIpc) is 3.15. The van der Waals surface area contributed by atoms with Crippen LogP contribution < -0.4 is 10.5 Å². The first kappa shape index (κ1) is 20.5. The van der Waals surface area contributed by atoms with E-state index in [0.29, 0.717) is 15.5 Å². The largest absolute Gasteiger partial charge is 0.359 e. The number of nitrogens with zero attached hydrogens (tertiary/aromatic N) is 5. The van der Waals surface area contributed by atoms with Gasteiger partial charge in [-0.15, -0.1) is 11.3 Å². The molecule has 8 heteroatoms. The topological polar surface area (TPSA) is 63.9 Å². The predicted molar refractivity (Wildman–Crippen MR) is 123 cm³/mol. The van der Waals surface area contributed by atoms with Crippen LogP contribution in [0.25, 0.3) is 26.1 Å². The Hall–Kier alpha value is -2.19. The molecule has 0 aromatic carbocycles. The van der Waals surface area contributed by atoms with Crippen molar-refractivity contribution in [2.75, 3.05) is 24.7 Å². The zero-order valence-electron chi connectivity index (χ0n) is 16.8. The number of allylic oxidation sites excluding steroid dienone is 3. The standard InChI is InChI=1S/C18H19N5OS2.C2H6/c1-4-22(2)16-13-14-15(26-17(13)20-9-19-16)18(24)23(10-21-14)11-5-7-12(25-3)8-6-11;1-2/h5-7,9-10,12H,4,8H2,1-3H3;1-2H3. The summed E-state index contributed by atoms with van der Waals surface area (Å²) in [5.41, 5.74) is 1.51. The van der Waals surface area contributed by atoms with E-state index in [4.69, 9.17) is 0 Å². The number of aromatic nitrogens is 4. The molecular formula is C20H25N5OS2. The van der Waals surface area contributed by atoms with Gasteiger partial charge in [0.1, 0.15) is 33.5 Å². The van der Waals surface area contributed by atoms with Crippen LogP contribution >= 0.6 is 23.1 Å². The lowest BCUT2D eigenvalue weighted by molar-refractivity contribution is 0.940. The van der Waals surface area contributed by atoms with Crippen LogP contribution in [0, 0.1) is 0 Å². The van der Waals surface area contributed by atoms with Crippen LogP contribution in [-0.4, -0.2) is 44.6 Å². The molecule has 0 radical (unpaired) electrons. The van der Waals surface area contributed by atoms with Gasteiger partial charge in [0.05, 0.1) is 5.39 Å². The van der Waals surface area contributed by atoms with Crippen molar-refractivity contribution in [3.63, 3.8) is 0 Å². The first-order valence-electron chi connectivity index (χ1n) is 9.41. The van der Waals surface area contributed by atoms with Crippen molar-refractivity contribution in [3.05, 3.63) is 41.2 Å². The lowest BCUT2D eigenvalue weighted by atomic mass is 10.1. The van der Waals surface area contributed by atoms with Gasteiger partial charge in [-0.3, -0.25) is 9.36 Å². The maximum atomic E-state index is 13.1. The Morgan fingerprint density at radius 2 is 2.11 bits per heavy atom. The van der Waals surface area contributed by atoms with E-state index in [0.717, 1.165) is 34.7 Å². The summed E-state index contributed by atoms with van der Waals surface area (Å²) in [5.74, 6) is 0.813. The molecule has 1 atom stereocenters. The summed E-state index contributed by atoms with van der Waals surface area (Å²) >= 11 is 3.19. The van der Waals surface area contributed by atoms with Gasteiger partial charge >= 0.3 is 0 Å². The fourth-order valence-corrected chi connectivity index (χ4v) is 4.56. The molecule has 0 bridgehead atoms. The van der Waals surface area contributed by atoms with Crippen LogP contribution in [0.4, 0.5) is 5.82 Å². The van der Waals surface area contributed by atoms with Crippen LogP contribution in [0.3, 0.4) is 0 Å². The maximum Gasteiger partial charge on any atom is 0.275 e. The van der Waals surface area contributed by atoms with Gasteiger partial charge in [-0.25, -0.2) is 15.0 Å². The Morgan fingerprint density at radius 1 is 1.32 bits per heavy atom. The van der Waals surface area contributed by atoms with E-state index in [-0.39, 0.29) is 5.56 Å². The Balaban J connectivity index is 0.00000109. The highest BCUT2D eigenvalue weighted by molar-refractivity contribution is 7.99. The van der Waals surface area contributed by atoms with E-state index in [9.17, 15) is 4.79 Å². The van der Waals surface area contributed by atoms with Gasteiger partial charge in [0.25, 0.3) is 5.56 Å². The van der Waals surface area contributed by atoms with Crippen LogP contribution in [0.2, 0.25) is 0 Å². The van der Waals surface area contributed by atoms with Gasteiger partial charge in [-0.05, 0) is 25.7 Å². The number of hydrogen-bond acceptors (Lipinski definition) is 7. The molecular weight excluding hydrogens is 390 g/mol. The first-order chi connectivity index (χ1) is 13.6. The van der Waals surface area contributed by atoms with Gasteiger partial charge in [-0.2, -0.15) is 11.8 Å². The summed E-state index contributed by atoms with van der Waals surface area (Å²) in [6, 6.07) is 0. The zero-order valence-corrected chi connectivity index (χ0v) is 18.5. The molecule has 0 saturated heterocycles. The monoisotopic (exact) mass is 415 g/mol. The predicted octanol–water partition coefficient (Wildman–Crippen LogP) is 4.42. The molecule has 4 rings (SSSR count). The van der Waals surface area contributed by atoms with Gasteiger partial charge in [0, 0.05) is 24.5 Å². The molecule has 6 nitrogen and oxygen atoms in total. The number of thiophene rings is 1. The van der Waals surface area contributed by atoms with Crippen molar-refractivity contribution in [1.82, 2.24) is 19.5 Å². The van der Waals surface area contributed by atoms with Crippen molar-refractivity contribution in [1.29, 1.82) is 0 Å². The summed E-state index contributed by atoms with van der Waals surface area (Å²) in [6.45, 7) is 6.88. The number of rotatable bonds is 4. The fraction of sp³-hybridized carbons (Fsp3) is 0.400. The first-order valence-corrected chi connectivity index (χ1v) is 11.5. The minimum absolute atomic E-state index is 0.0541. The van der Waals surface area contributed by atoms with E-state index >= 15 is 0 Å². The van der Waals surface area contributed by atoms with Crippen molar-refractivity contribution in [2.45, 2.75) is 32.4 Å². The second kappa shape index (κ2) is 8.87. The van der Waals surface area contributed by atoms with Crippen LogP contribution in [0.5, 0.6) is 0 Å². The lowest BCUT2D eigenvalue weighted by Crippen LogP contribution is -2.20. The third kappa shape index (κ3) is 3.58. The highest BCUT2D eigenvalue weighted by Crippen LogP contribution is 2.34. The summed E-state index contributed by atoms with van der Waals surface area (Å²) in [5, 5.41) is 1.33. The minimum Gasteiger partial charge on any atom is -0.359 e. The second-order valence-electron chi connectivity index (χ2n) is 6.09. The third-order valence-electron chi connectivity index (χ3n) is 4.62. The molecule has 0 spiro atoms. The molecule has 148 valence electrons. The highest BCUT2D eigenvalue weighted by Gasteiger charge is 2.19. The SMILES string of the molecule is CC.CCN(C)c1ncnc2sc3c(=O)n(C4=CCC(SC)C=C4)cnc3c12. The van der Waals surface area contributed by atoms with Crippen LogP contribution in [0.1, 0.15) is 27.2 Å². The average molecular weight is 416 g/mol. The Bertz CT molecular complexity index is 1100. The van der Waals surface area contributed by atoms with Crippen molar-refractivity contribution in [2.24, 2.45) is 0 Å². The molecule has 3 heterocycles. The number of hydrogen-bond donors (Lipinski definition) is 0. The minimum atomic E-state index is -0.0541. The molecule has 1 aliphatic rings. The highest BCUT2D eigenvalue weighted by atomic mass is 32.2. The summed E-state index contributed by atoms with van der Waals surface area (Å²) < 4.78 is 2.25. The van der Waals surface area contributed by atoms with E-state index in [1.165, 1.54) is 11.3 Å². The molecule has 0 fully saturated rings. The van der Waals surface area contributed by atoms with Gasteiger partial charge < -0.3 is 4.90 Å². The number of anilines is 1. The molecule has 1 aliphatic carbocycles. The molecule has 3 aromatic rings. The third-order valence-corrected chi connectivity index (χ3v) is 6.65. The molecule has 28 heavy (non-hydrogen) atoms. The fourth-order valence-electron chi connectivity index (χ4n) is 3.02.